The Balaban J connectivity index is 1.90. The topological polar surface area (TPSA) is 72.9 Å². The van der Waals surface area contributed by atoms with Crippen LogP contribution >= 0.6 is 24.0 Å². The Bertz CT molecular complexity index is 1030. The number of likely N-dealkylation sites (N-methyl/N-ethyl adjacent to an activating group) is 1. The van der Waals surface area contributed by atoms with Crippen LogP contribution in [0.1, 0.15) is 5.56 Å². The number of thioether (sulfide) groups is 1. The van der Waals surface area contributed by atoms with Gasteiger partial charge in [-0.05, 0) is 35.9 Å². The fourth-order valence-electron chi connectivity index (χ4n) is 2.29. The summed E-state index contributed by atoms with van der Waals surface area (Å²) in [5, 5.41) is 0. The number of nitrogens with zero attached hydrogens (tertiary/aromatic N) is 1. The average Bonchev–Trinajstić information content (AvgIpc) is 2.90. The van der Waals surface area contributed by atoms with Crippen LogP contribution in [0.2, 0.25) is 0 Å². The van der Waals surface area contributed by atoms with Crippen LogP contribution in [0, 0.1) is 0 Å². The van der Waals surface area contributed by atoms with Crippen LogP contribution in [0.15, 0.2) is 58.3 Å². The maximum atomic E-state index is 12.4. The highest BCUT2D eigenvalue weighted by atomic mass is 32.2. The second kappa shape index (κ2) is 7.71. The Morgan fingerprint density at radius 3 is 2.41 bits per heavy atom. The molecule has 0 bridgehead atoms. The Morgan fingerprint density at radius 2 is 1.81 bits per heavy atom. The van der Waals surface area contributed by atoms with Crippen LogP contribution in [-0.4, -0.2) is 37.7 Å². The molecule has 0 radical (unpaired) electrons. The molecule has 1 amide bonds. The first-order valence-corrected chi connectivity index (χ1v) is 10.3. The van der Waals surface area contributed by atoms with E-state index in [1.165, 1.54) is 42.0 Å². The molecule has 0 unspecified atom stereocenters. The number of rotatable bonds is 5. The van der Waals surface area contributed by atoms with Crippen molar-refractivity contribution in [3.8, 4) is 11.5 Å². The van der Waals surface area contributed by atoms with Gasteiger partial charge in [-0.25, -0.2) is 0 Å². The van der Waals surface area contributed by atoms with Gasteiger partial charge < -0.3 is 8.92 Å². The monoisotopic (exact) mass is 421 g/mol. The Morgan fingerprint density at radius 1 is 1.11 bits per heavy atom. The smallest absolute Gasteiger partial charge is 0.339 e. The van der Waals surface area contributed by atoms with E-state index in [1.807, 2.05) is 0 Å². The zero-order valence-electron chi connectivity index (χ0n) is 14.4. The van der Waals surface area contributed by atoms with Gasteiger partial charge in [0.15, 0.2) is 11.5 Å². The molecule has 0 atom stereocenters. The molecule has 0 spiro atoms. The van der Waals surface area contributed by atoms with Gasteiger partial charge in [0, 0.05) is 7.05 Å². The lowest BCUT2D eigenvalue weighted by atomic mass is 10.2. The summed E-state index contributed by atoms with van der Waals surface area (Å²) in [6.07, 6.45) is 1.67. The van der Waals surface area contributed by atoms with Crippen molar-refractivity contribution in [1.82, 2.24) is 4.90 Å². The number of hydrogen-bond acceptors (Lipinski definition) is 7. The van der Waals surface area contributed by atoms with Gasteiger partial charge in [-0.1, -0.05) is 48.2 Å². The molecule has 1 aliphatic heterocycles. The largest absolute Gasteiger partial charge is 0.493 e. The molecule has 0 saturated carbocycles. The Hall–Kier alpha value is -2.36. The summed E-state index contributed by atoms with van der Waals surface area (Å²) in [5.74, 6) is 0.104. The third-order valence-corrected chi connectivity index (χ3v) is 6.44. The molecule has 2 aromatic rings. The number of hydrogen-bond donors (Lipinski definition) is 0. The summed E-state index contributed by atoms with van der Waals surface area (Å²) >= 11 is 6.31. The van der Waals surface area contributed by atoms with Gasteiger partial charge >= 0.3 is 10.1 Å². The van der Waals surface area contributed by atoms with Crippen molar-refractivity contribution in [3.05, 3.63) is 59.0 Å². The fraction of sp³-hybridized carbons (Fsp3) is 0.111. The summed E-state index contributed by atoms with van der Waals surface area (Å²) < 4.78 is 35.7. The van der Waals surface area contributed by atoms with Crippen molar-refractivity contribution in [2.45, 2.75) is 4.90 Å². The third-order valence-electron chi connectivity index (χ3n) is 3.70. The number of ether oxygens (including phenoxy) is 1. The quantitative estimate of drug-likeness (QED) is 0.417. The summed E-state index contributed by atoms with van der Waals surface area (Å²) in [5.41, 5.74) is 0.658. The van der Waals surface area contributed by atoms with Gasteiger partial charge in [0.25, 0.3) is 5.91 Å². The predicted octanol–water partition coefficient (Wildman–Crippen LogP) is 3.29. The molecule has 2 aromatic carbocycles. The number of methoxy groups -OCH3 is 1. The van der Waals surface area contributed by atoms with Gasteiger partial charge in [-0.2, -0.15) is 8.42 Å². The van der Waals surface area contributed by atoms with Crippen molar-refractivity contribution in [1.29, 1.82) is 0 Å². The van der Waals surface area contributed by atoms with Crippen LogP contribution in [-0.2, 0) is 14.9 Å². The lowest BCUT2D eigenvalue weighted by Gasteiger charge is -2.11. The molecular formula is C18H15NO5S3. The van der Waals surface area contributed by atoms with Gasteiger partial charge in [-0.15, -0.1) is 0 Å². The van der Waals surface area contributed by atoms with Crippen LogP contribution in [0.25, 0.3) is 6.08 Å². The van der Waals surface area contributed by atoms with Crippen molar-refractivity contribution < 1.29 is 22.1 Å². The van der Waals surface area contributed by atoms with E-state index in [9.17, 15) is 13.2 Å². The van der Waals surface area contributed by atoms with E-state index in [0.717, 1.165) is 0 Å². The van der Waals surface area contributed by atoms with Crippen LogP contribution in [0.4, 0.5) is 0 Å². The second-order valence-electron chi connectivity index (χ2n) is 5.50. The minimum atomic E-state index is -3.98. The minimum absolute atomic E-state index is 0.0442. The first kappa shape index (κ1) is 19.4. The van der Waals surface area contributed by atoms with Crippen molar-refractivity contribution in [2.75, 3.05) is 14.2 Å². The molecule has 0 aliphatic carbocycles. The fourth-order valence-corrected chi connectivity index (χ4v) is 4.43. The SMILES string of the molecule is COc1cc(/C=C2/SC(=S)N(C)C2=O)ccc1OS(=O)(=O)c1ccccc1. The van der Waals surface area contributed by atoms with E-state index in [-0.39, 0.29) is 22.3 Å². The molecule has 1 saturated heterocycles. The van der Waals surface area contributed by atoms with Gasteiger partial charge in [0.05, 0.1) is 12.0 Å². The van der Waals surface area contributed by atoms with E-state index in [0.29, 0.717) is 14.8 Å². The standard InChI is InChI=1S/C18H15NO5S3/c1-19-17(20)16(26-18(19)25)11-12-8-9-14(15(10-12)23-2)24-27(21,22)13-6-4-3-5-7-13/h3-11H,1-2H3/b16-11+. The summed E-state index contributed by atoms with van der Waals surface area (Å²) in [6, 6.07) is 12.6. The van der Waals surface area contributed by atoms with Gasteiger partial charge in [0.2, 0.25) is 0 Å². The zero-order chi connectivity index (χ0) is 19.6. The lowest BCUT2D eigenvalue weighted by molar-refractivity contribution is -0.121. The average molecular weight is 422 g/mol. The van der Waals surface area contributed by atoms with Gasteiger partial charge in [0.1, 0.15) is 9.22 Å². The molecule has 6 nitrogen and oxygen atoms in total. The Kier molecular flexibility index (Phi) is 5.54. The number of amides is 1. The molecule has 1 aliphatic rings. The van der Waals surface area contributed by atoms with E-state index in [1.54, 1.807) is 43.5 Å². The van der Waals surface area contributed by atoms with E-state index in [2.05, 4.69) is 0 Å². The van der Waals surface area contributed by atoms with Crippen LogP contribution in [0.3, 0.4) is 0 Å². The zero-order valence-corrected chi connectivity index (χ0v) is 16.9. The highest BCUT2D eigenvalue weighted by molar-refractivity contribution is 8.26. The normalized spacial score (nSPS) is 16.1. The number of thiocarbonyl (C=S) groups is 1. The first-order chi connectivity index (χ1) is 12.8. The molecule has 0 N–H and O–H groups in total. The van der Waals surface area contributed by atoms with Crippen LogP contribution < -0.4 is 8.92 Å². The summed E-state index contributed by atoms with van der Waals surface area (Å²) in [7, 11) is -0.957. The van der Waals surface area contributed by atoms with E-state index in [4.69, 9.17) is 21.1 Å². The Labute approximate surface area is 166 Å². The van der Waals surface area contributed by atoms with E-state index < -0.39 is 10.1 Å². The predicted molar refractivity (Wildman–Crippen MR) is 108 cm³/mol. The highest BCUT2D eigenvalue weighted by Crippen LogP contribution is 2.35. The molecule has 0 aromatic heterocycles. The minimum Gasteiger partial charge on any atom is -0.493 e. The molecule has 1 fully saturated rings. The number of carbonyl (C=O) groups is 1. The highest BCUT2D eigenvalue weighted by Gasteiger charge is 2.28. The lowest BCUT2D eigenvalue weighted by Crippen LogP contribution is -2.22. The molecule has 3 rings (SSSR count). The molecule has 27 heavy (non-hydrogen) atoms. The first-order valence-electron chi connectivity index (χ1n) is 7.71. The summed E-state index contributed by atoms with van der Waals surface area (Å²) in [6.45, 7) is 0. The number of carbonyl (C=O) groups excluding carboxylic acids is 1. The molecule has 140 valence electrons. The van der Waals surface area contributed by atoms with Crippen molar-refractivity contribution in [3.63, 3.8) is 0 Å². The maximum Gasteiger partial charge on any atom is 0.339 e. The number of benzene rings is 2. The van der Waals surface area contributed by atoms with E-state index >= 15 is 0 Å². The maximum absolute atomic E-state index is 12.4. The summed E-state index contributed by atoms with van der Waals surface area (Å²) in [4.78, 5) is 14.0. The molecular weight excluding hydrogens is 406 g/mol. The van der Waals surface area contributed by atoms with Crippen molar-refractivity contribution >= 4 is 50.4 Å². The van der Waals surface area contributed by atoms with Crippen molar-refractivity contribution in [2.24, 2.45) is 0 Å². The second-order valence-corrected chi connectivity index (χ2v) is 8.72. The van der Waals surface area contributed by atoms with Gasteiger partial charge in [-0.3, -0.25) is 9.69 Å². The molecule has 1 heterocycles. The molecule has 9 heteroatoms. The third kappa shape index (κ3) is 4.15. The van der Waals surface area contributed by atoms with Crippen LogP contribution in [0.5, 0.6) is 11.5 Å².